The van der Waals surface area contributed by atoms with Crippen LogP contribution < -0.4 is 9.62 Å². The van der Waals surface area contributed by atoms with Gasteiger partial charge in [0.25, 0.3) is 10.0 Å². The van der Waals surface area contributed by atoms with Crippen LogP contribution in [-0.4, -0.2) is 33.4 Å². The van der Waals surface area contributed by atoms with Gasteiger partial charge in [-0.2, -0.15) is 0 Å². The summed E-state index contributed by atoms with van der Waals surface area (Å²) in [6.45, 7) is 6.92. The van der Waals surface area contributed by atoms with Crippen molar-refractivity contribution in [2.75, 3.05) is 22.8 Å². The highest BCUT2D eigenvalue weighted by Gasteiger charge is 2.28. The van der Waals surface area contributed by atoms with Crippen LogP contribution in [0.3, 0.4) is 0 Å². The summed E-state index contributed by atoms with van der Waals surface area (Å²) in [6, 6.07) is 16.1. The second-order valence-electron chi connectivity index (χ2n) is 8.01. The molecule has 0 saturated carbocycles. The number of aryl methyl sites for hydroxylation is 2. The molecule has 0 aliphatic rings. The number of halogens is 1. The lowest BCUT2D eigenvalue weighted by molar-refractivity contribution is -0.114. The van der Waals surface area contributed by atoms with E-state index in [1.807, 2.05) is 26.8 Å². The van der Waals surface area contributed by atoms with Gasteiger partial charge in [-0.1, -0.05) is 41.4 Å². The highest BCUT2D eigenvalue weighted by Crippen LogP contribution is 2.29. The van der Waals surface area contributed by atoms with E-state index in [0.717, 1.165) is 21.0 Å². The summed E-state index contributed by atoms with van der Waals surface area (Å²) in [5.41, 5.74) is 3.35. The third-order valence-corrected chi connectivity index (χ3v) is 7.59. The SMILES string of the molecule is CCOC(=O)c1cc(NC(=O)CN(c2cccc(C)c2C)S(=O)(=O)c2ccc(C)cc2)ccc1Cl. The van der Waals surface area contributed by atoms with Crippen LogP contribution in [0.4, 0.5) is 11.4 Å². The Morgan fingerprint density at radius 1 is 1.00 bits per heavy atom. The number of esters is 1. The molecule has 0 bridgehead atoms. The number of hydrogen-bond acceptors (Lipinski definition) is 5. The fraction of sp³-hybridized carbons (Fsp3) is 0.231. The molecule has 0 aliphatic heterocycles. The van der Waals surface area contributed by atoms with Crippen molar-refractivity contribution >= 4 is 44.9 Å². The molecule has 35 heavy (non-hydrogen) atoms. The number of hydrogen-bond donors (Lipinski definition) is 1. The summed E-state index contributed by atoms with van der Waals surface area (Å²) >= 11 is 6.10. The Bertz CT molecular complexity index is 1350. The molecular formula is C26H27ClN2O5S. The molecule has 1 amide bonds. The number of sulfonamides is 1. The van der Waals surface area contributed by atoms with Gasteiger partial charge >= 0.3 is 5.97 Å². The zero-order chi connectivity index (χ0) is 25.8. The highest BCUT2D eigenvalue weighted by atomic mass is 35.5. The van der Waals surface area contributed by atoms with Gasteiger partial charge in [-0.25, -0.2) is 13.2 Å². The van der Waals surface area contributed by atoms with Crippen molar-refractivity contribution in [1.29, 1.82) is 0 Å². The molecule has 3 aromatic carbocycles. The Balaban J connectivity index is 1.96. The molecule has 0 atom stereocenters. The summed E-state index contributed by atoms with van der Waals surface area (Å²) in [4.78, 5) is 25.3. The van der Waals surface area contributed by atoms with E-state index in [0.29, 0.717) is 5.69 Å². The van der Waals surface area contributed by atoms with E-state index in [9.17, 15) is 18.0 Å². The van der Waals surface area contributed by atoms with E-state index < -0.39 is 28.4 Å². The standard InChI is InChI=1S/C26H27ClN2O5S/c1-5-34-26(31)22-15-20(11-14-23(22)27)28-25(30)16-29(24-8-6-7-18(3)19(24)4)35(32,33)21-12-9-17(2)10-13-21/h6-15H,5,16H2,1-4H3,(H,28,30). The first-order valence-electron chi connectivity index (χ1n) is 11.0. The Morgan fingerprint density at radius 2 is 1.69 bits per heavy atom. The molecule has 0 unspecified atom stereocenters. The lowest BCUT2D eigenvalue weighted by Crippen LogP contribution is -2.38. The molecule has 0 fully saturated rings. The maximum absolute atomic E-state index is 13.6. The quantitative estimate of drug-likeness (QED) is 0.413. The Labute approximate surface area is 210 Å². The molecule has 3 aromatic rings. The van der Waals surface area contributed by atoms with Crippen molar-refractivity contribution in [3.8, 4) is 0 Å². The van der Waals surface area contributed by atoms with Crippen molar-refractivity contribution in [3.63, 3.8) is 0 Å². The molecule has 0 heterocycles. The maximum Gasteiger partial charge on any atom is 0.339 e. The number of nitrogens with zero attached hydrogens (tertiary/aromatic N) is 1. The lowest BCUT2D eigenvalue weighted by Gasteiger charge is -2.26. The van der Waals surface area contributed by atoms with Crippen molar-refractivity contribution in [3.05, 3.63) is 87.9 Å². The number of rotatable bonds is 8. The van der Waals surface area contributed by atoms with Crippen LogP contribution in [-0.2, 0) is 19.6 Å². The zero-order valence-corrected chi connectivity index (χ0v) is 21.5. The molecule has 0 radical (unpaired) electrons. The van der Waals surface area contributed by atoms with Crippen LogP contribution in [0, 0.1) is 20.8 Å². The molecule has 0 saturated heterocycles. The Morgan fingerprint density at radius 3 is 2.34 bits per heavy atom. The fourth-order valence-electron chi connectivity index (χ4n) is 3.44. The van der Waals surface area contributed by atoms with Crippen molar-refractivity contribution < 1.29 is 22.7 Å². The largest absolute Gasteiger partial charge is 0.462 e. The molecule has 3 rings (SSSR count). The predicted octanol–water partition coefficient (Wildman–Crippen LogP) is 5.28. The molecular weight excluding hydrogens is 488 g/mol. The number of anilines is 2. The minimum atomic E-state index is -4.06. The molecule has 0 aliphatic carbocycles. The second kappa shape index (κ2) is 10.9. The topological polar surface area (TPSA) is 92.8 Å². The van der Waals surface area contributed by atoms with Gasteiger partial charge in [-0.3, -0.25) is 9.10 Å². The summed E-state index contributed by atoms with van der Waals surface area (Å²) in [6.07, 6.45) is 0. The van der Waals surface area contributed by atoms with Crippen LogP contribution >= 0.6 is 11.6 Å². The fourth-order valence-corrected chi connectivity index (χ4v) is 5.12. The summed E-state index contributed by atoms with van der Waals surface area (Å²) in [5.74, 6) is -1.20. The van der Waals surface area contributed by atoms with E-state index >= 15 is 0 Å². The van der Waals surface area contributed by atoms with Gasteiger partial charge < -0.3 is 10.1 Å². The molecule has 0 aromatic heterocycles. The van der Waals surface area contributed by atoms with Gasteiger partial charge in [-0.05, 0) is 75.2 Å². The number of nitrogens with one attached hydrogen (secondary N) is 1. The smallest absolute Gasteiger partial charge is 0.339 e. The molecule has 7 nitrogen and oxygen atoms in total. The monoisotopic (exact) mass is 514 g/mol. The van der Waals surface area contributed by atoms with Crippen LogP contribution in [0.1, 0.15) is 34.0 Å². The number of amides is 1. The number of benzene rings is 3. The Hall–Kier alpha value is -3.36. The molecule has 0 spiro atoms. The number of carbonyl (C=O) groups is 2. The first-order valence-corrected chi connectivity index (χ1v) is 12.8. The van der Waals surface area contributed by atoms with Gasteiger partial charge in [0.2, 0.25) is 5.91 Å². The average Bonchev–Trinajstić information content (AvgIpc) is 2.81. The summed E-state index contributed by atoms with van der Waals surface area (Å²) < 4.78 is 33.3. The molecule has 9 heteroatoms. The van der Waals surface area contributed by atoms with E-state index in [-0.39, 0.29) is 27.8 Å². The number of ether oxygens (including phenoxy) is 1. The van der Waals surface area contributed by atoms with Crippen molar-refractivity contribution in [2.45, 2.75) is 32.6 Å². The van der Waals surface area contributed by atoms with Crippen LogP contribution in [0.25, 0.3) is 0 Å². The highest BCUT2D eigenvalue weighted by molar-refractivity contribution is 7.92. The third kappa shape index (κ3) is 6.01. The van der Waals surface area contributed by atoms with E-state index in [4.69, 9.17) is 16.3 Å². The minimum absolute atomic E-state index is 0.0768. The van der Waals surface area contributed by atoms with Gasteiger partial charge in [0.1, 0.15) is 6.54 Å². The summed E-state index contributed by atoms with van der Waals surface area (Å²) in [5, 5.41) is 2.84. The normalized spacial score (nSPS) is 11.1. The van der Waals surface area contributed by atoms with E-state index in [1.54, 1.807) is 31.2 Å². The lowest BCUT2D eigenvalue weighted by atomic mass is 10.1. The third-order valence-electron chi connectivity index (χ3n) is 5.49. The molecule has 1 N–H and O–H groups in total. The predicted molar refractivity (Wildman–Crippen MR) is 138 cm³/mol. The summed E-state index contributed by atoms with van der Waals surface area (Å²) in [7, 11) is -4.06. The van der Waals surface area contributed by atoms with Gasteiger partial charge in [0.05, 0.1) is 27.8 Å². The zero-order valence-electron chi connectivity index (χ0n) is 20.0. The van der Waals surface area contributed by atoms with Crippen molar-refractivity contribution in [1.82, 2.24) is 0 Å². The van der Waals surface area contributed by atoms with Gasteiger partial charge in [0.15, 0.2) is 0 Å². The van der Waals surface area contributed by atoms with E-state index in [1.165, 1.54) is 30.3 Å². The van der Waals surface area contributed by atoms with Crippen molar-refractivity contribution in [2.24, 2.45) is 0 Å². The van der Waals surface area contributed by atoms with Crippen LogP contribution in [0.15, 0.2) is 65.6 Å². The Kier molecular flexibility index (Phi) is 8.19. The first-order chi connectivity index (χ1) is 16.5. The number of carbonyl (C=O) groups excluding carboxylic acids is 2. The second-order valence-corrected chi connectivity index (χ2v) is 10.3. The van der Waals surface area contributed by atoms with Gasteiger partial charge in [-0.15, -0.1) is 0 Å². The first kappa shape index (κ1) is 26.2. The average molecular weight is 515 g/mol. The van der Waals surface area contributed by atoms with Crippen LogP contribution in [0.5, 0.6) is 0 Å². The minimum Gasteiger partial charge on any atom is -0.462 e. The van der Waals surface area contributed by atoms with Gasteiger partial charge in [0, 0.05) is 5.69 Å². The maximum atomic E-state index is 13.6. The van der Waals surface area contributed by atoms with E-state index in [2.05, 4.69) is 5.32 Å². The van der Waals surface area contributed by atoms with Crippen LogP contribution in [0.2, 0.25) is 5.02 Å². The molecule has 184 valence electrons.